The highest BCUT2D eigenvalue weighted by Crippen LogP contribution is 2.34. The van der Waals surface area contributed by atoms with E-state index in [2.05, 4.69) is 48.5 Å². The second-order valence-corrected chi connectivity index (χ2v) is 21.7. The van der Waals surface area contributed by atoms with Gasteiger partial charge < -0.3 is 47.7 Å². The van der Waals surface area contributed by atoms with Gasteiger partial charge >= 0.3 is 0 Å². The van der Waals surface area contributed by atoms with E-state index in [1.54, 1.807) is 0 Å². The van der Waals surface area contributed by atoms with Crippen molar-refractivity contribution in [3.05, 3.63) is 0 Å². The Hall–Kier alpha value is -0.205. The largest absolute Gasteiger partial charge is 0.391 e. The van der Waals surface area contributed by atoms with Crippen LogP contribution in [-0.2, 0) is 42.6 Å². The first kappa shape index (κ1) is 53.8. The summed E-state index contributed by atoms with van der Waals surface area (Å²) in [7, 11) is 17.9. The maximum atomic E-state index is 10.2. The van der Waals surface area contributed by atoms with Gasteiger partial charge in [-0.2, -0.15) is 0 Å². The lowest BCUT2D eigenvalue weighted by molar-refractivity contribution is -0.214. The van der Waals surface area contributed by atoms with E-state index in [4.69, 9.17) is 66.2 Å². The maximum Gasteiger partial charge on any atom is 0.112 e. The first-order valence-electron chi connectivity index (χ1n) is 20.8. The summed E-state index contributed by atoms with van der Waals surface area (Å²) < 4.78 is 52.8. The van der Waals surface area contributed by atoms with Gasteiger partial charge in [0, 0.05) is 19.8 Å². The van der Waals surface area contributed by atoms with Crippen LogP contribution in [0.4, 0.5) is 0 Å². The molecule has 3 heterocycles. The number of hydrogen-bond acceptors (Lipinski definition) is 10. The van der Waals surface area contributed by atoms with E-state index in [0.29, 0.717) is 39.6 Å². The zero-order chi connectivity index (χ0) is 43.7. The normalized spacial score (nSPS) is 32.5. The average Bonchev–Trinajstić information content (AvgIpc) is 2.98. The van der Waals surface area contributed by atoms with Crippen molar-refractivity contribution in [2.45, 2.75) is 232 Å². The van der Waals surface area contributed by atoms with Crippen LogP contribution in [0.5, 0.6) is 0 Å². The van der Waals surface area contributed by atoms with Crippen LogP contribution in [0.2, 0.25) is 17.5 Å². The minimum atomic E-state index is -0.735. The molecule has 3 saturated heterocycles. The number of hydrogen-bond donors (Lipinski definition) is 1. The first-order chi connectivity index (χ1) is 25.1. The lowest BCUT2D eigenvalue weighted by Crippen LogP contribution is -2.54. The molecule has 3 rings (SSSR count). The van der Waals surface area contributed by atoms with Crippen LogP contribution < -0.4 is 0 Å². The van der Waals surface area contributed by atoms with Crippen LogP contribution >= 0.6 is 0 Å². The van der Waals surface area contributed by atoms with E-state index in [9.17, 15) is 5.11 Å². The van der Waals surface area contributed by atoms with E-state index in [1.165, 1.54) is 0 Å². The van der Waals surface area contributed by atoms with Crippen molar-refractivity contribution in [3.63, 3.8) is 0 Å². The Morgan fingerprint density at radius 1 is 0.482 bits per heavy atom. The molecule has 5 unspecified atom stereocenters. The molecule has 0 aromatic heterocycles. The Bertz CT molecular complexity index is 1030. The fourth-order valence-electron chi connectivity index (χ4n) is 5.99. The van der Waals surface area contributed by atoms with Gasteiger partial charge in [0.2, 0.25) is 0 Å². The second kappa shape index (κ2) is 22.1. The first-order valence-corrected chi connectivity index (χ1v) is 20.8. The quantitative estimate of drug-likeness (QED) is 0.238. The van der Waals surface area contributed by atoms with Crippen molar-refractivity contribution in [3.8, 4) is 0 Å². The molecule has 0 saturated carbocycles. The van der Waals surface area contributed by atoms with Gasteiger partial charge in [-0.1, -0.05) is 12.7 Å². The van der Waals surface area contributed by atoms with E-state index in [-0.39, 0.29) is 81.7 Å². The third-order valence-electron chi connectivity index (χ3n) is 8.71. The second-order valence-electron chi connectivity index (χ2n) is 21.7. The van der Waals surface area contributed by atoms with Crippen molar-refractivity contribution in [2.24, 2.45) is 5.92 Å². The van der Waals surface area contributed by atoms with Crippen LogP contribution in [0.15, 0.2) is 0 Å². The highest BCUT2D eigenvalue weighted by Gasteiger charge is 2.42. The molecule has 324 valence electrons. The summed E-state index contributed by atoms with van der Waals surface area (Å²) in [6, 6.07) is 0. The third kappa shape index (κ3) is 23.5. The summed E-state index contributed by atoms with van der Waals surface area (Å²) >= 11 is 0. The Labute approximate surface area is 347 Å². The van der Waals surface area contributed by atoms with Crippen molar-refractivity contribution >= 4 is 23.5 Å². The Morgan fingerprint density at radius 3 is 1.25 bits per heavy atom. The van der Waals surface area contributed by atoms with Gasteiger partial charge in [-0.3, -0.25) is 0 Å². The average molecular weight is 793 g/mol. The van der Waals surface area contributed by atoms with Gasteiger partial charge in [-0.05, 0) is 149 Å². The van der Waals surface area contributed by atoms with Crippen LogP contribution in [0.1, 0.15) is 138 Å². The molecule has 56 heavy (non-hydrogen) atoms. The third-order valence-corrected chi connectivity index (χ3v) is 8.71. The van der Waals surface area contributed by atoms with Gasteiger partial charge in [0.05, 0.1) is 95.3 Å². The molecule has 10 nitrogen and oxygen atoms in total. The Morgan fingerprint density at radius 2 is 0.839 bits per heavy atom. The predicted octanol–water partition coefficient (Wildman–Crippen LogP) is 7.41. The number of rotatable bonds is 9. The van der Waals surface area contributed by atoms with E-state index in [1.807, 2.05) is 83.1 Å². The van der Waals surface area contributed by atoms with E-state index in [0.717, 1.165) is 6.42 Å². The molecule has 1 N–H and O–H groups in total. The Balaban J connectivity index is 0.000000420. The molecular formula is C43H83B3O10. The molecule has 3 fully saturated rings. The molecule has 3 aliphatic heterocycles. The standard InChI is InChI=1S/C15H29BO3.C14H27BO4.C14H27BO3/c1-10-11(16)8-17-12(9-18-14(2,3)4)13(10)19-15(5,6)7;1-13(2,3)18-8-10-12(19-14(4,5)6)11(16)9(15)7-17-10;1-13(2,3)17-9-12-11(18-14(4,5)6)7-10(15)8-16-12/h10-13H,8-9H2,1-7H3;9-12,16H,7-8H2,1-6H3;10-12H,7-9H2,1-6H3/t10?,11-,12-,13?;9-,10-,11?,12?;10-,11?,12+/m110/s1. The van der Waals surface area contributed by atoms with E-state index < -0.39 is 18.0 Å². The summed E-state index contributed by atoms with van der Waals surface area (Å²) in [6.45, 7) is 41.5. The van der Waals surface area contributed by atoms with Gasteiger partial charge in [0.15, 0.2) is 0 Å². The van der Waals surface area contributed by atoms with Crippen molar-refractivity contribution in [1.29, 1.82) is 0 Å². The van der Waals surface area contributed by atoms with Gasteiger partial charge in [-0.25, -0.2) is 0 Å². The van der Waals surface area contributed by atoms with Crippen molar-refractivity contribution in [1.82, 2.24) is 0 Å². The molecule has 0 aliphatic carbocycles. The summed E-state index contributed by atoms with van der Waals surface area (Å²) in [5.41, 5.74) is -1.34. The van der Waals surface area contributed by atoms with Gasteiger partial charge in [0.25, 0.3) is 0 Å². The number of aliphatic hydroxyl groups excluding tert-OH is 1. The maximum absolute atomic E-state index is 10.2. The summed E-state index contributed by atoms with van der Waals surface area (Å²) in [6.07, 6.45) is -0.755. The molecule has 0 bridgehead atoms. The molecule has 0 aromatic rings. The minimum Gasteiger partial charge on any atom is -0.391 e. The van der Waals surface area contributed by atoms with Crippen LogP contribution in [0.3, 0.4) is 0 Å². The minimum absolute atomic E-state index is 0.0103. The number of ether oxygens (including phenoxy) is 9. The fourth-order valence-corrected chi connectivity index (χ4v) is 5.99. The zero-order valence-corrected chi connectivity index (χ0v) is 39.2. The van der Waals surface area contributed by atoms with E-state index >= 15 is 0 Å². The topological polar surface area (TPSA) is 103 Å². The van der Waals surface area contributed by atoms with Crippen molar-refractivity contribution in [2.75, 3.05) is 39.6 Å². The number of aliphatic hydroxyl groups is 1. The molecule has 13 heteroatoms. The molecule has 6 radical (unpaired) electrons. The zero-order valence-electron chi connectivity index (χ0n) is 39.2. The fraction of sp³-hybridized carbons (Fsp3) is 1.00. The molecule has 11 atom stereocenters. The summed E-state index contributed by atoms with van der Waals surface area (Å²) in [4.78, 5) is 0. The predicted molar refractivity (Wildman–Crippen MR) is 229 cm³/mol. The van der Waals surface area contributed by atoms with Gasteiger partial charge in [0.1, 0.15) is 24.4 Å². The van der Waals surface area contributed by atoms with Crippen LogP contribution in [-0.4, -0.2) is 145 Å². The molecule has 0 spiro atoms. The lowest BCUT2D eigenvalue weighted by atomic mass is 9.72. The molecular weight excluding hydrogens is 709 g/mol. The van der Waals surface area contributed by atoms with Crippen LogP contribution in [0, 0.1) is 5.92 Å². The molecule has 0 aromatic carbocycles. The van der Waals surface area contributed by atoms with Crippen LogP contribution in [0.25, 0.3) is 0 Å². The van der Waals surface area contributed by atoms with Crippen molar-refractivity contribution < 1.29 is 47.7 Å². The lowest BCUT2D eigenvalue weighted by Gasteiger charge is -2.43. The molecule has 3 aliphatic rings. The summed E-state index contributed by atoms with van der Waals surface area (Å²) in [5.74, 6) is -0.0683. The molecule has 0 amide bonds. The highest BCUT2D eigenvalue weighted by atomic mass is 16.6. The monoisotopic (exact) mass is 793 g/mol. The highest BCUT2D eigenvalue weighted by molar-refractivity contribution is 6.12. The SMILES string of the molecule is [B][C@@H]1CO[C@H](COC(C)(C)C)C(OC(C)(C)C)C1.[B][C@@H]1CO[C@H](COC(C)(C)C)C(OC(C)(C)C)C1C.[B][C@@H]1CO[C@H](COC(C)(C)C)C(OC(C)(C)C)C1O. The summed E-state index contributed by atoms with van der Waals surface area (Å²) in [5, 5.41) is 10.2. The smallest absolute Gasteiger partial charge is 0.112 e. The Kier molecular flexibility index (Phi) is 21.2. The van der Waals surface area contributed by atoms with Gasteiger partial charge in [-0.15, -0.1) is 0 Å².